The molecule has 0 spiro atoms. The van der Waals surface area contributed by atoms with Gasteiger partial charge in [0.1, 0.15) is 0 Å². The highest BCUT2D eigenvalue weighted by Crippen LogP contribution is 2.35. The van der Waals surface area contributed by atoms with Crippen LogP contribution in [-0.4, -0.2) is 30.1 Å². The largest absolute Gasteiger partial charge is 0.327 e. The molecule has 108 valence electrons. The summed E-state index contributed by atoms with van der Waals surface area (Å²) in [4.78, 5) is 14.2. The number of nitrogens with zero attached hydrogens (tertiary/aromatic N) is 1. The van der Waals surface area contributed by atoms with E-state index in [4.69, 9.17) is 17.3 Å². The molecule has 1 aliphatic carbocycles. The van der Waals surface area contributed by atoms with E-state index in [0.29, 0.717) is 22.5 Å². The Kier molecular flexibility index (Phi) is 3.85. The van der Waals surface area contributed by atoms with Gasteiger partial charge in [0.25, 0.3) is 0 Å². The standard InChI is InChI=1S/C15H20ClN3O/c16-12-5-1-2-7-14(12)18-15(20)19-8-10-4-3-6-13(17)11(10)9-19/h1-2,5,7,10-11,13H,3-4,6,8-9,17H2,(H,18,20). The summed E-state index contributed by atoms with van der Waals surface area (Å²) < 4.78 is 0. The third-order valence-electron chi connectivity index (χ3n) is 4.56. The molecule has 3 atom stereocenters. The highest BCUT2D eigenvalue weighted by molar-refractivity contribution is 6.33. The van der Waals surface area contributed by atoms with Crippen LogP contribution in [0.4, 0.5) is 10.5 Å². The lowest BCUT2D eigenvalue weighted by Crippen LogP contribution is -2.39. The molecule has 3 N–H and O–H groups in total. The summed E-state index contributed by atoms with van der Waals surface area (Å²) in [6.07, 6.45) is 3.46. The normalized spacial score (nSPS) is 29.1. The van der Waals surface area contributed by atoms with Gasteiger partial charge in [0, 0.05) is 19.1 Å². The molecule has 5 heteroatoms. The predicted octanol–water partition coefficient (Wildman–Crippen LogP) is 2.93. The highest BCUT2D eigenvalue weighted by Gasteiger charge is 2.40. The Balaban J connectivity index is 1.66. The van der Waals surface area contributed by atoms with E-state index in [1.54, 1.807) is 6.07 Å². The van der Waals surface area contributed by atoms with Gasteiger partial charge in [-0.3, -0.25) is 0 Å². The molecule has 20 heavy (non-hydrogen) atoms. The Hall–Kier alpha value is -1.26. The Bertz CT molecular complexity index is 508. The number of anilines is 1. The molecular weight excluding hydrogens is 274 g/mol. The molecule has 1 saturated carbocycles. The van der Waals surface area contributed by atoms with E-state index in [-0.39, 0.29) is 12.1 Å². The molecule has 1 aliphatic heterocycles. The van der Waals surface area contributed by atoms with Crippen LogP contribution in [-0.2, 0) is 0 Å². The summed E-state index contributed by atoms with van der Waals surface area (Å²) in [7, 11) is 0. The quantitative estimate of drug-likeness (QED) is 0.836. The number of hydrogen-bond donors (Lipinski definition) is 2. The maximum Gasteiger partial charge on any atom is 0.321 e. The number of fused-ring (bicyclic) bond motifs is 1. The van der Waals surface area contributed by atoms with Crippen molar-refractivity contribution in [3.05, 3.63) is 29.3 Å². The number of carbonyl (C=O) groups excluding carboxylic acids is 1. The predicted molar refractivity (Wildman–Crippen MR) is 80.9 cm³/mol. The highest BCUT2D eigenvalue weighted by atomic mass is 35.5. The van der Waals surface area contributed by atoms with Crippen LogP contribution in [0.1, 0.15) is 19.3 Å². The number of carbonyl (C=O) groups is 1. The van der Waals surface area contributed by atoms with Crippen LogP contribution in [0.3, 0.4) is 0 Å². The first-order chi connectivity index (χ1) is 9.65. The van der Waals surface area contributed by atoms with Gasteiger partial charge < -0.3 is 16.0 Å². The molecule has 0 radical (unpaired) electrons. The van der Waals surface area contributed by atoms with Gasteiger partial charge in [0.15, 0.2) is 0 Å². The third-order valence-corrected chi connectivity index (χ3v) is 4.89. The summed E-state index contributed by atoms with van der Waals surface area (Å²) in [6, 6.07) is 7.47. The van der Waals surface area contributed by atoms with Gasteiger partial charge in [0.2, 0.25) is 0 Å². The van der Waals surface area contributed by atoms with Crippen molar-refractivity contribution in [2.75, 3.05) is 18.4 Å². The van der Waals surface area contributed by atoms with E-state index >= 15 is 0 Å². The topological polar surface area (TPSA) is 58.4 Å². The van der Waals surface area contributed by atoms with Gasteiger partial charge in [-0.25, -0.2) is 4.79 Å². The van der Waals surface area contributed by atoms with E-state index in [1.165, 1.54) is 12.8 Å². The Morgan fingerprint density at radius 2 is 2.10 bits per heavy atom. The van der Waals surface area contributed by atoms with Crippen molar-refractivity contribution in [2.45, 2.75) is 25.3 Å². The van der Waals surface area contributed by atoms with Crippen LogP contribution in [0.25, 0.3) is 0 Å². The fourth-order valence-corrected chi connectivity index (χ4v) is 3.62. The lowest BCUT2D eigenvalue weighted by molar-refractivity contribution is 0.219. The lowest BCUT2D eigenvalue weighted by atomic mass is 9.78. The summed E-state index contributed by atoms with van der Waals surface area (Å²) in [5.74, 6) is 1.02. The number of nitrogens with two attached hydrogens (primary N) is 1. The third kappa shape index (κ3) is 2.63. The fraction of sp³-hybridized carbons (Fsp3) is 0.533. The van der Waals surface area contributed by atoms with Crippen molar-refractivity contribution in [3.63, 3.8) is 0 Å². The molecule has 2 fully saturated rings. The maximum atomic E-state index is 12.3. The molecule has 2 amide bonds. The average Bonchev–Trinajstić information content (AvgIpc) is 2.87. The van der Waals surface area contributed by atoms with Crippen molar-refractivity contribution in [3.8, 4) is 0 Å². The van der Waals surface area contributed by atoms with Crippen LogP contribution in [0.2, 0.25) is 5.02 Å². The average molecular weight is 294 g/mol. The SMILES string of the molecule is NC1CCCC2CN(C(=O)Nc3ccccc3Cl)CC12. The number of amides is 2. The van der Waals surface area contributed by atoms with Crippen LogP contribution < -0.4 is 11.1 Å². The molecule has 1 saturated heterocycles. The minimum Gasteiger partial charge on any atom is -0.327 e. The molecule has 2 aliphatic rings. The first-order valence-corrected chi connectivity index (χ1v) is 7.59. The number of para-hydroxylation sites is 1. The number of rotatable bonds is 1. The van der Waals surface area contributed by atoms with Crippen molar-refractivity contribution >= 4 is 23.3 Å². The van der Waals surface area contributed by atoms with Gasteiger partial charge >= 0.3 is 6.03 Å². The van der Waals surface area contributed by atoms with Crippen molar-refractivity contribution < 1.29 is 4.79 Å². The molecule has 1 aromatic rings. The van der Waals surface area contributed by atoms with Crippen molar-refractivity contribution in [1.29, 1.82) is 0 Å². The first kappa shape index (κ1) is 13.7. The lowest BCUT2D eigenvalue weighted by Gasteiger charge is -2.29. The summed E-state index contributed by atoms with van der Waals surface area (Å²) in [6.45, 7) is 1.58. The summed E-state index contributed by atoms with van der Waals surface area (Å²) >= 11 is 6.07. The Labute approximate surface area is 124 Å². The zero-order valence-electron chi connectivity index (χ0n) is 11.4. The molecule has 3 unspecified atom stereocenters. The minimum atomic E-state index is -0.0697. The van der Waals surface area contributed by atoms with Gasteiger partial charge in [0.05, 0.1) is 10.7 Å². The molecule has 3 rings (SSSR count). The van der Waals surface area contributed by atoms with Crippen LogP contribution in [0.5, 0.6) is 0 Å². The molecular formula is C15H20ClN3O. The van der Waals surface area contributed by atoms with Gasteiger partial charge in [-0.1, -0.05) is 30.2 Å². The molecule has 1 heterocycles. The number of halogens is 1. The fourth-order valence-electron chi connectivity index (χ4n) is 3.44. The summed E-state index contributed by atoms with van der Waals surface area (Å²) in [5.41, 5.74) is 6.84. The zero-order valence-corrected chi connectivity index (χ0v) is 12.1. The second-order valence-corrected chi connectivity index (χ2v) is 6.24. The maximum absolute atomic E-state index is 12.3. The van der Waals surface area contributed by atoms with Crippen LogP contribution >= 0.6 is 11.6 Å². The number of urea groups is 1. The molecule has 4 nitrogen and oxygen atoms in total. The van der Waals surface area contributed by atoms with E-state index in [2.05, 4.69) is 5.32 Å². The minimum absolute atomic E-state index is 0.0697. The van der Waals surface area contributed by atoms with Gasteiger partial charge in [-0.2, -0.15) is 0 Å². The van der Waals surface area contributed by atoms with E-state index in [1.807, 2.05) is 23.1 Å². The number of hydrogen-bond acceptors (Lipinski definition) is 2. The molecule has 1 aromatic carbocycles. The van der Waals surface area contributed by atoms with Gasteiger partial charge in [-0.15, -0.1) is 0 Å². The van der Waals surface area contributed by atoms with E-state index in [9.17, 15) is 4.79 Å². The monoisotopic (exact) mass is 293 g/mol. The first-order valence-electron chi connectivity index (χ1n) is 7.21. The van der Waals surface area contributed by atoms with Gasteiger partial charge in [-0.05, 0) is 36.8 Å². The van der Waals surface area contributed by atoms with Crippen molar-refractivity contribution in [2.24, 2.45) is 17.6 Å². The van der Waals surface area contributed by atoms with Crippen LogP contribution in [0.15, 0.2) is 24.3 Å². The number of likely N-dealkylation sites (tertiary alicyclic amines) is 1. The summed E-state index contributed by atoms with van der Waals surface area (Å²) in [5, 5.41) is 3.45. The molecule has 0 bridgehead atoms. The zero-order chi connectivity index (χ0) is 14.1. The van der Waals surface area contributed by atoms with E-state index in [0.717, 1.165) is 19.5 Å². The van der Waals surface area contributed by atoms with E-state index < -0.39 is 0 Å². The smallest absolute Gasteiger partial charge is 0.321 e. The van der Waals surface area contributed by atoms with Crippen LogP contribution in [0, 0.1) is 11.8 Å². The second-order valence-electron chi connectivity index (χ2n) is 5.83. The Morgan fingerprint density at radius 1 is 1.30 bits per heavy atom. The van der Waals surface area contributed by atoms with Crippen molar-refractivity contribution in [1.82, 2.24) is 4.90 Å². The second kappa shape index (κ2) is 5.62. The Morgan fingerprint density at radius 3 is 2.85 bits per heavy atom. The molecule has 0 aromatic heterocycles. The number of nitrogens with one attached hydrogen (secondary N) is 1. The number of benzene rings is 1.